The van der Waals surface area contributed by atoms with Crippen molar-refractivity contribution in [3.05, 3.63) is 41.2 Å². The van der Waals surface area contributed by atoms with Gasteiger partial charge in [-0.1, -0.05) is 28.9 Å². The zero-order valence-electron chi connectivity index (χ0n) is 12.6. The quantitative estimate of drug-likeness (QED) is 0.890. The van der Waals surface area contributed by atoms with E-state index in [1.54, 1.807) is 24.3 Å². The molecule has 1 fully saturated rings. The van der Waals surface area contributed by atoms with Gasteiger partial charge in [0.25, 0.3) is 5.91 Å². The zero-order chi connectivity index (χ0) is 17.1. The molecule has 1 amide bonds. The highest BCUT2D eigenvalue weighted by Crippen LogP contribution is 2.20. The summed E-state index contributed by atoms with van der Waals surface area (Å²) in [6.45, 7) is 0.868. The Morgan fingerprint density at radius 1 is 1.38 bits per heavy atom. The van der Waals surface area contributed by atoms with Crippen molar-refractivity contribution in [2.45, 2.75) is 12.5 Å². The van der Waals surface area contributed by atoms with Crippen molar-refractivity contribution in [2.75, 3.05) is 19.8 Å². The average molecular weight is 351 g/mol. The molecule has 1 aliphatic rings. The molecule has 1 unspecified atom stereocenters. The summed E-state index contributed by atoms with van der Waals surface area (Å²) in [4.78, 5) is 25.1. The van der Waals surface area contributed by atoms with E-state index in [9.17, 15) is 9.59 Å². The van der Waals surface area contributed by atoms with E-state index in [1.165, 1.54) is 15.8 Å². The van der Waals surface area contributed by atoms with E-state index in [2.05, 4.69) is 10.3 Å². The van der Waals surface area contributed by atoms with Gasteiger partial charge in [-0.25, -0.2) is 4.68 Å². The molecule has 1 saturated heterocycles. The van der Waals surface area contributed by atoms with Gasteiger partial charge in [-0.3, -0.25) is 9.59 Å². The van der Waals surface area contributed by atoms with E-state index in [0.717, 1.165) is 0 Å². The van der Waals surface area contributed by atoms with Crippen LogP contribution in [0.15, 0.2) is 30.5 Å². The minimum absolute atomic E-state index is 0.132. The molecule has 1 aliphatic heterocycles. The molecule has 9 heteroatoms. The molecule has 1 aromatic carbocycles. The molecule has 0 spiro atoms. The van der Waals surface area contributed by atoms with Crippen LogP contribution in [-0.2, 0) is 9.53 Å². The number of amides is 1. The summed E-state index contributed by atoms with van der Waals surface area (Å²) in [6.07, 6.45) is 1.31. The van der Waals surface area contributed by atoms with Gasteiger partial charge in [0.05, 0.1) is 42.6 Å². The van der Waals surface area contributed by atoms with Gasteiger partial charge in [0.1, 0.15) is 0 Å². The van der Waals surface area contributed by atoms with Crippen molar-refractivity contribution in [3.8, 4) is 5.69 Å². The van der Waals surface area contributed by atoms with Crippen LogP contribution in [0.2, 0.25) is 5.02 Å². The van der Waals surface area contributed by atoms with E-state index in [4.69, 9.17) is 21.4 Å². The van der Waals surface area contributed by atoms with Crippen molar-refractivity contribution < 1.29 is 19.4 Å². The smallest absolute Gasteiger partial charge is 0.305 e. The van der Waals surface area contributed by atoms with Crippen LogP contribution in [0.25, 0.3) is 5.69 Å². The topological polar surface area (TPSA) is 97.6 Å². The number of nitrogens with zero attached hydrogens (tertiary/aromatic N) is 4. The van der Waals surface area contributed by atoms with Gasteiger partial charge < -0.3 is 14.7 Å². The number of aromatic nitrogens is 3. The first-order chi connectivity index (χ1) is 11.6. The maximum atomic E-state index is 12.6. The van der Waals surface area contributed by atoms with Crippen molar-refractivity contribution in [2.24, 2.45) is 0 Å². The Morgan fingerprint density at radius 2 is 2.17 bits per heavy atom. The van der Waals surface area contributed by atoms with Crippen LogP contribution < -0.4 is 0 Å². The lowest BCUT2D eigenvalue weighted by atomic mass is 10.1. The third kappa shape index (κ3) is 3.39. The summed E-state index contributed by atoms with van der Waals surface area (Å²) in [5.74, 6) is -1.36. The number of carbonyl (C=O) groups is 2. The molecule has 0 radical (unpaired) electrons. The Hall–Kier alpha value is -2.45. The van der Waals surface area contributed by atoms with Gasteiger partial charge in [0.2, 0.25) is 0 Å². The van der Waals surface area contributed by atoms with E-state index >= 15 is 0 Å². The Balaban J connectivity index is 1.82. The standard InChI is InChI=1S/C15H15ClN4O4/c16-11-3-1-2-4-13(11)20-8-12(17-18-20)15(23)19-5-6-24-9-10(19)7-14(21)22/h1-4,8,10H,5-7,9H2,(H,21,22). The lowest BCUT2D eigenvalue weighted by Crippen LogP contribution is -2.49. The number of carboxylic acids is 1. The molecule has 126 valence electrons. The third-order valence-electron chi connectivity index (χ3n) is 3.71. The number of para-hydroxylation sites is 1. The van der Waals surface area contributed by atoms with Crippen molar-refractivity contribution >= 4 is 23.5 Å². The highest BCUT2D eigenvalue weighted by atomic mass is 35.5. The number of carboxylic acid groups (broad SMARTS) is 1. The fourth-order valence-corrected chi connectivity index (χ4v) is 2.78. The average Bonchev–Trinajstić information content (AvgIpc) is 3.04. The minimum Gasteiger partial charge on any atom is -0.481 e. The highest BCUT2D eigenvalue weighted by molar-refractivity contribution is 6.32. The molecule has 1 atom stereocenters. The molecule has 3 rings (SSSR count). The summed E-state index contributed by atoms with van der Waals surface area (Å²) in [6, 6.07) is 6.54. The first-order valence-corrected chi connectivity index (χ1v) is 7.72. The van der Waals surface area contributed by atoms with E-state index < -0.39 is 12.0 Å². The first-order valence-electron chi connectivity index (χ1n) is 7.34. The highest BCUT2D eigenvalue weighted by Gasteiger charge is 2.31. The molecule has 2 aromatic rings. The van der Waals surface area contributed by atoms with Crippen molar-refractivity contribution in [1.29, 1.82) is 0 Å². The molecule has 0 saturated carbocycles. The fraction of sp³-hybridized carbons (Fsp3) is 0.333. The Bertz CT molecular complexity index is 763. The van der Waals surface area contributed by atoms with Crippen molar-refractivity contribution in [1.82, 2.24) is 19.9 Å². The maximum absolute atomic E-state index is 12.6. The van der Waals surface area contributed by atoms with Crippen LogP contribution in [0.4, 0.5) is 0 Å². The number of ether oxygens (including phenoxy) is 1. The lowest BCUT2D eigenvalue weighted by Gasteiger charge is -2.34. The first kappa shape index (κ1) is 16.4. The number of rotatable bonds is 4. The lowest BCUT2D eigenvalue weighted by molar-refractivity contribution is -0.139. The molecule has 0 bridgehead atoms. The molecule has 1 aromatic heterocycles. The predicted octanol–water partition coefficient (Wildman–Crippen LogP) is 1.24. The summed E-state index contributed by atoms with van der Waals surface area (Å²) in [5.41, 5.74) is 0.738. The summed E-state index contributed by atoms with van der Waals surface area (Å²) in [5, 5.41) is 17.3. The molecule has 1 N–H and O–H groups in total. The summed E-state index contributed by atoms with van der Waals surface area (Å²) < 4.78 is 6.69. The second kappa shape index (κ2) is 6.98. The monoisotopic (exact) mass is 350 g/mol. The van der Waals surface area contributed by atoms with Crippen molar-refractivity contribution in [3.63, 3.8) is 0 Å². The Kier molecular flexibility index (Phi) is 4.77. The number of carbonyl (C=O) groups excluding carboxylic acids is 1. The van der Waals surface area contributed by atoms with E-state index in [1.807, 2.05) is 0 Å². The maximum Gasteiger partial charge on any atom is 0.305 e. The second-order valence-electron chi connectivity index (χ2n) is 5.32. The molecular formula is C15H15ClN4O4. The molecular weight excluding hydrogens is 336 g/mol. The number of hydrogen-bond donors (Lipinski definition) is 1. The molecule has 0 aliphatic carbocycles. The van der Waals surface area contributed by atoms with Crippen LogP contribution >= 0.6 is 11.6 Å². The van der Waals surface area contributed by atoms with Crippen LogP contribution in [0.3, 0.4) is 0 Å². The van der Waals surface area contributed by atoms with Gasteiger partial charge in [0.15, 0.2) is 5.69 Å². The molecule has 8 nitrogen and oxygen atoms in total. The van der Waals surface area contributed by atoms with Gasteiger partial charge >= 0.3 is 5.97 Å². The summed E-state index contributed by atoms with van der Waals surface area (Å²) in [7, 11) is 0. The van der Waals surface area contributed by atoms with Gasteiger partial charge in [0, 0.05) is 6.54 Å². The molecule has 24 heavy (non-hydrogen) atoms. The largest absolute Gasteiger partial charge is 0.481 e. The minimum atomic E-state index is -0.983. The van der Waals surface area contributed by atoms with Crippen LogP contribution in [0.5, 0.6) is 0 Å². The fourth-order valence-electron chi connectivity index (χ4n) is 2.56. The number of halogens is 1. The SMILES string of the molecule is O=C(O)CC1COCCN1C(=O)c1cn(-c2ccccc2Cl)nn1. The van der Waals surface area contributed by atoms with Crippen LogP contribution in [0.1, 0.15) is 16.9 Å². The zero-order valence-corrected chi connectivity index (χ0v) is 13.4. The number of aliphatic carboxylic acids is 1. The van der Waals surface area contributed by atoms with Gasteiger partial charge in [-0.05, 0) is 12.1 Å². The second-order valence-corrected chi connectivity index (χ2v) is 5.73. The summed E-state index contributed by atoms with van der Waals surface area (Å²) >= 11 is 6.11. The van der Waals surface area contributed by atoms with E-state index in [-0.39, 0.29) is 24.6 Å². The van der Waals surface area contributed by atoms with Crippen LogP contribution in [-0.4, -0.2) is 62.7 Å². The third-order valence-corrected chi connectivity index (χ3v) is 4.03. The number of morpholine rings is 1. The Labute approximate surface area is 142 Å². The number of benzene rings is 1. The number of hydrogen-bond acceptors (Lipinski definition) is 5. The molecule has 2 heterocycles. The van der Waals surface area contributed by atoms with E-state index in [0.29, 0.717) is 23.9 Å². The predicted molar refractivity (Wildman–Crippen MR) is 84.3 cm³/mol. The van der Waals surface area contributed by atoms with Gasteiger partial charge in [-0.15, -0.1) is 5.10 Å². The van der Waals surface area contributed by atoms with Crippen LogP contribution in [0, 0.1) is 0 Å². The Morgan fingerprint density at radius 3 is 2.92 bits per heavy atom. The van der Waals surface area contributed by atoms with Gasteiger partial charge in [-0.2, -0.15) is 0 Å². The normalized spacial score (nSPS) is 17.7.